The molecule has 2 aliphatic rings. The number of piperazine rings is 1. The molecule has 3 heterocycles. The van der Waals surface area contributed by atoms with Gasteiger partial charge in [0.25, 0.3) is 0 Å². The first-order valence-electron chi connectivity index (χ1n) is 10.3. The summed E-state index contributed by atoms with van der Waals surface area (Å²) in [7, 11) is 0. The van der Waals surface area contributed by atoms with Gasteiger partial charge in [-0.05, 0) is 50.0 Å². The molecule has 4 rings (SSSR count). The Hall–Kier alpha value is -2.93. The Kier molecular flexibility index (Phi) is 5.76. The second-order valence-corrected chi connectivity index (χ2v) is 7.49. The monoisotopic (exact) mass is 392 g/mol. The van der Waals surface area contributed by atoms with Gasteiger partial charge < -0.3 is 15.3 Å². The number of fused-ring (bicyclic) bond motifs is 1. The van der Waals surface area contributed by atoms with Crippen molar-refractivity contribution in [2.24, 2.45) is 10.2 Å². The largest absolute Gasteiger partial charge is 0.507 e. The normalized spacial score (nSPS) is 17.9. The van der Waals surface area contributed by atoms with Gasteiger partial charge in [-0.15, -0.1) is 10.2 Å². The molecule has 0 unspecified atom stereocenters. The highest BCUT2D eigenvalue weighted by Crippen LogP contribution is 2.31. The third kappa shape index (κ3) is 4.10. The number of aromatic nitrogens is 2. The van der Waals surface area contributed by atoms with Gasteiger partial charge in [-0.1, -0.05) is 12.6 Å². The van der Waals surface area contributed by atoms with E-state index < -0.39 is 0 Å². The fraction of sp³-hybridized carbons (Fsp3) is 0.409. The Morgan fingerprint density at radius 2 is 2.03 bits per heavy atom. The maximum Gasteiger partial charge on any atom is 0.125 e. The van der Waals surface area contributed by atoms with Crippen molar-refractivity contribution < 1.29 is 5.11 Å². The Bertz CT molecular complexity index is 952. The van der Waals surface area contributed by atoms with Crippen LogP contribution >= 0.6 is 0 Å². The Labute approximate surface area is 171 Å². The van der Waals surface area contributed by atoms with E-state index in [4.69, 9.17) is 0 Å². The molecule has 1 saturated heterocycles. The second-order valence-electron chi connectivity index (χ2n) is 7.49. The van der Waals surface area contributed by atoms with E-state index in [0.717, 1.165) is 56.1 Å². The van der Waals surface area contributed by atoms with E-state index in [9.17, 15) is 5.11 Å². The number of allylic oxidation sites excluding steroid dienone is 1. The van der Waals surface area contributed by atoms with Crippen LogP contribution in [0.3, 0.4) is 0 Å². The third-order valence-electron chi connectivity index (χ3n) is 5.64. The minimum atomic E-state index is 0.173. The van der Waals surface area contributed by atoms with Crippen molar-refractivity contribution in [3.05, 3.63) is 48.3 Å². The lowest BCUT2D eigenvalue weighted by molar-refractivity contribution is 0.355. The zero-order valence-corrected chi connectivity index (χ0v) is 16.9. The highest BCUT2D eigenvalue weighted by Gasteiger charge is 2.17. The van der Waals surface area contributed by atoms with Crippen LogP contribution in [0, 0.1) is 0 Å². The van der Waals surface area contributed by atoms with Gasteiger partial charge in [0, 0.05) is 49.5 Å². The summed E-state index contributed by atoms with van der Waals surface area (Å²) in [6, 6.07) is 5.68. The molecule has 0 radical (unpaired) electrons. The SMILES string of the molecule is C=C/C(=N\N=C(/C)N1CCNCC1)c1ccc(-c2cnn3c2CCCC3)cc1O. The molecule has 0 spiro atoms. The van der Waals surface area contributed by atoms with Gasteiger partial charge in [-0.2, -0.15) is 5.10 Å². The molecule has 0 saturated carbocycles. The van der Waals surface area contributed by atoms with Crippen molar-refractivity contribution in [2.45, 2.75) is 32.7 Å². The quantitative estimate of drug-likeness (QED) is 0.476. The van der Waals surface area contributed by atoms with Gasteiger partial charge >= 0.3 is 0 Å². The number of phenolic OH excluding ortho intramolecular Hbond substituents is 1. The van der Waals surface area contributed by atoms with Crippen molar-refractivity contribution >= 4 is 11.5 Å². The summed E-state index contributed by atoms with van der Waals surface area (Å²) in [4.78, 5) is 2.20. The van der Waals surface area contributed by atoms with Crippen LogP contribution in [-0.2, 0) is 13.0 Å². The van der Waals surface area contributed by atoms with Crippen LogP contribution in [0.15, 0.2) is 47.3 Å². The first-order chi connectivity index (χ1) is 14.2. The van der Waals surface area contributed by atoms with E-state index in [-0.39, 0.29) is 5.75 Å². The van der Waals surface area contributed by atoms with E-state index in [2.05, 4.69) is 36.8 Å². The smallest absolute Gasteiger partial charge is 0.125 e. The van der Waals surface area contributed by atoms with Crippen molar-refractivity contribution in [1.82, 2.24) is 20.0 Å². The molecular formula is C22H28N6O. The predicted molar refractivity (Wildman–Crippen MR) is 117 cm³/mol. The van der Waals surface area contributed by atoms with Crippen LogP contribution in [0.25, 0.3) is 11.1 Å². The number of phenols is 1. The van der Waals surface area contributed by atoms with E-state index in [1.54, 1.807) is 12.1 Å². The first kappa shape index (κ1) is 19.4. The zero-order chi connectivity index (χ0) is 20.2. The molecule has 0 bridgehead atoms. The van der Waals surface area contributed by atoms with Gasteiger partial charge in [0.2, 0.25) is 0 Å². The van der Waals surface area contributed by atoms with Gasteiger partial charge in [0.1, 0.15) is 11.6 Å². The molecule has 1 aromatic heterocycles. The highest BCUT2D eigenvalue weighted by atomic mass is 16.3. The average Bonchev–Trinajstić information content (AvgIpc) is 3.19. The minimum absolute atomic E-state index is 0.173. The van der Waals surface area contributed by atoms with E-state index in [1.165, 1.54) is 18.5 Å². The number of nitrogens with one attached hydrogen (secondary N) is 1. The standard InChI is InChI=1S/C22H28N6O/c1-3-20(26-25-16(2)27-12-9-23-10-13-27)18-8-7-17(14-22(18)29)19-15-24-28-11-5-4-6-21(19)28/h3,7-8,14-15,23,29H,1,4-6,9-13H2,2H3/b25-16+,26-20+. The number of benzene rings is 1. The fourth-order valence-electron chi connectivity index (χ4n) is 3.96. The second kappa shape index (κ2) is 8.61. The lowest BCUT2D eigenvalue weighted by Crippen LogP contribution is -2.45. The van der Waals surface area contributed by atoms with Crippen molar-refractivity contribution in [2.75, 3.05) is 26.2 Å². The molecule has 152 valence electrons. The Morgan fingerprint density at radius 3 is 2.79 bits per heavy atom. The summed E-state index contributed by atoms with van der Waals surface area (Å²) < 4.78 is 2.08. The van der Waals surface area contributed by atoms with Crippen LogP contribution in [0.1, 0.15) is 31.0 Å². The summed E-state index contributed by atoms with van der Waals surface area (Å²) >= 11 is 0. The number of aromatic hydroxyl groups is 1. The van der Waals surface area contributed by atoms with E-state index in [1.807, 2.05) is 25.3 Å². The van der Waals surface area contributed by atoms with Gasteiger partial charge in [-0.25, -0.2) is 0 Å². The van der Waals surface area contributed by atoms with Crippen LogP contribution in [-0.4, -0.2) is 57.5 Å². The summed E-state index contributed by atoms with van der Waals surface area (Å²) in [5.41, 5.74) is 4.49. The predicted octanol–water partition coefficient (Wildman–Crippen LogP) is 2.81. The molecule has 1 fully saturated rings. The summed E-state index contributed by atoms with van der Waals surface area (Å²) in [5, 5.41) is 27.2. The van der Waals surface area contributed by atoms with Gasteiger partial charge in [0.05, 0.1) is 11.9 Å². The molecule has 7 nitrogen and oxygen atoms in total. The van der Waals surface area contributed by atoms with Crippen molar-refractivity contribution in [3.8, 4) is 16.9 Å². The topological polar surface area (TPSA) is 78.0 Å². The number of aryl methyl sites for hydroxylation is 1. The van der Waals surface area contributed by atoms with Crippen LogP contribution in [0.4, 0.5) is 0 Å². The number of nitrogens with zero attached hydrogens (tertiary/aromatic N) is 5. The summed E-state index contributed by atoms with van der Waals surface area (Å²) in [6.45, 7) is 10.5. The molecule has 0 aliphatic carbocycles. The van der Waals surface area contributed by atoms with E-state index in [0.29, 0.717) is 11.3 Å². The number of hydrogen-bond donors (Lipinski definition) is 2. The molecule has 29 heavy (non-hydrogen) atoms. The van der Waals surface area contributed by atoms with Crippen molar-refractivity contribution in [1.29, 1.82) is 0 Å². The minimum Gasteiger partial charge on any atom is -0.507 e. The molecule has 7 heteroatoms. The first-order valence-corrected chi connectivity index (χ1v) is 10.3. The van der Waals surface area contributed by atoms with Crippen LogP contribution < -0.4 is 5.32 Å². The Morgan fingerprint density at radius 1 is 1.21 bits per heavy atom. The summed E-state index contributed by atoms with van der Waals surface area (Å²) in [6.07, 6.45) is 6.91. The lowest BCUT2D eigenvalue weighted by Gasteiger charge is -2.28. The number of hydrogen-bond acceptors (Lipinski definition) is 5. The third-order valence-corrected chi connectivity index (χ3v) is 5.64. The Balaban J connectivity index is 1.59. The number of rotatable bonds is 4. The molecule has 2 aromatic rings. The molecule has 0 atom stereocenters. The zero-order valence-electron chi connectivity index (χ0n) is 16.9. The maximum atomic E-state index is 10.7. The molecule has 2 aliphatic heterocycles. The van der Waals surface area contributed by atoms with Crippen molar-refractivity contribution in [3.63, 3.8) is 0 Å². The van der Waals surface area contributed by atoms with Gasteiger partial charge in [-0.3, -0.25) is 4.68 Å². The average molecular weight is 393 g/mol. The maximum absolute atomic E-state index is 10.7. The molecule has 0 amide bonds. The number of amidine groups is 1. The van der Waals surface area contributed by atoms with Crippen LogP contribution in [0.2, 0.25) is 0 Å². The van der Waals surface area contributed by atoms with Crippen LogP contribution in [0.5, 0.6) is 5.75 Å². The van der Waals surface area contributed by atoms with E-state index >= 15 is 0 Å². The molecular weight excluding hydrogens is 364 g/mol. The summed E-state index contributed by atoms with van der Waals surface area (Å²) in [5.74, 6) is 1.04. The lowest BCUT2D eigenvalue weighted by atomic mass is 9.98. The molecule has 1 aromatic carbocycles. The fourth-order valence-corrected chi connectivity index (χ4v) is 3.96. The highest BCUT2D eigenvalue weighted by molar-refractivity contribution is 6.10. The van der Waals surface area contributed by atoms with Gasteiger partial charge in [0.15, 0.2) is 0 Å². The molecule has 2 N–H and O–H groups in total.